The molecule has 30 heavy (non-hydrogen) atoms. The first-order valence-corrected chi connectivity index (χ1v) is 10.9. The molecule has 0 bridgehead atoms. The number of thiophene rings is 1. The number of aromatic amines is 1. The summed E-state index contributed by atoms with van der Waals surface area (Å²) in [4.78, 5) is 29.2. The third-order valence-corrected chi connectivity index (χ3v) is 6.20. The summed E-state index contributed by atoms with van der Waals surface area (Å²) in [5.74, 6) is -0.178. The minimum atomic E-state index is -0.161. The van der Waals surface area contributed by atoms with Crippen LogP contribution in [0.1, 0.15) is 28.2 Å². The molecule has 0 unspecified atom stereocenters. The number of H-pyrrole nitrogens is 1. The Bertz CT molecular complexity index is 1010. The van der Waals surface area contributed by atoms with E-state index in [0.717, 1.165) is 42.2 Å². The highest BCUT2D eigenvalue weighted by molar-refractivity contribution is 7.15. The number of rotatable bonds is 6. The highest BCUT2D eigenvalue weighted by Crippen LogP contribution is 2.26. The molecule has 0 aliphatic carbocycles. The lowest BCUT2D eigenvalue weighted by Crippen LogP contribution is -2.46. The number of anilines is 1. The molecule has 1 aliphatic heterocycles. The molecule has 1 saturated heterocycles. The van der Waals surface area contributed by atoms with Gasteiger partial charge in [-0.3, -0.25) is 19.6 Å². The van der Waals surface area contributed by atoms with E-state index in [0.29, 0.717) is 12.2 Å². The van der Waals surface area contributed by atoms with Gasteiger partial charge in [0, 0.05) is 29.7 Å². The molecule has 1 aromatic carbocycles. The summed E-state index contributed by atoms with van der Waals surface area (Å²) in [6.07, 6.45) is 1.62. The molecule has 3 aromatic rings. The molecule has 3 N–H and O–H groups in total. The third kappa shape index (κ3) is 5.14. The van der Waals surface area contributed by atoms with Crippen molar-refractivity contribution in [3.05, 3.63) is 59.1 Å². The summed E-state index contributed by atoms with van der Waals surface area (Å²) in [6, 6.07) is 15.4. The van der Waals surface area contributed by atoms with E-state index >= 15 is 0 Å². The van der Waals surface area contributed by atoms with Gasteiger partial charge in [-0.25, -0.2) is 0 Å². The van der Waals surface area contributed by atoms with E-state index in [1.54, 1.807) is 17.4 Å². The number of aromatic nitrogens is 2. The number of hydrogen-bond acceptors (Lipinski definition) is 5. The Hall–Kier alpha value is -2.97. The number of nitrogens with one attached hydrogen (secondary N) is 3. The molecule has 1 aliphatic rings. The topological polar surface area (TPSA) is 90.1 Å². The van der Waals surface area contributed by atoms with Gasteiger partial charge in [0.2, 0.25) is 5.91 Å². The Labute approximate surface area is 179 Å². The number of amides is 2. The lowest BCUT2D eigenvalue weighted by molar-refractivity contribution is -0.117. The molecular weight excluding hydrogens is 398 g/mol. The first-order valence-electron chi connectivity index (χ1n) is 10.1. The summed E-state index contributed by atoms with van der Waals surface area (Å²) in [5, 5.41) is 13.1. The van der Waals surface area contributed by atoms with Crippen LogP contribution < -0.4 is 10.6 Å². The zero-order valence-corrected chi connectivity index (χ0v) is 17.7. The zero-order valence-electron chi connectivity index (χ0n) is 16.9. The van der Waals surface area contributed by atoms with E-state index in [1.165, 1.54) is 4.88 Å². The maximum atomic E-state index is 12.6. The zero-order chi connectivity index (χ0) is 20.9. The van der Waals surface area contributed by atoms with Gasteiger partial charge in [-0.2, -0.15) is 5.10 Å². The molecule has 3 heterocycles. The summed E-state index contributed by atoms with van der Waals surface area (Å²) in [7, 11) is 0. The largest absolute Gasteiger partial charge is 0.348 e. The SMILES string of the molecule is Cc1ccc(-c2cc(C(=O)NC3CCN(CC(=O)Nc4ccccc4)CC3)n[nH]2)s1. The fourth-order valence-corrected chi connectivity index (χ4v) is 4.40. The van der Waals surface area contributed by atoms with Crippen LogP contribution >= 0.6 is 11.3 Å². The second kappa shape index (κ2) is 9.23. The van der Waals surface area contributed by atoms with Crippen LogP contribution in [0.3, 0.4) is 0 Å². The molecule has 8 heteroatoms. The Morgan fingerprint density at radius 3 is 2.63 bits per heavy atom. The monoisotopic (exact) mass is 423 g/mol. The molecule has 7 nitrogen and oxygen atoms in total. The lowest BCUT2D eigenvalue weighted by atomic mass is 10.0. The molecular formula is C22H25N5O2S. The highest BCUT2D eigenvalue weighted by atomic mass is 32.1. The summed E-state index contributed by atoms with van der Waals surface area (Å²) in [5.41, 5.74) is 2.07. The normalized spacial score (nSPS) is 15.1. The van der Waals surface area contributed by atoms with Gasteiger partial charge in [-0.1, -0.05) is 18.2 Å². The Morgan fingerprint density at radius 2 is 1.93 bits per heavy atom. The molecule has 0 radical (unpaired) electrons. The summed E-state index contributed by atoms with van der Waals surface area (Å²) < 4.78 is 0. The van der Waals surface area contributed by atoms with Crippen molar-refractivity contribution in [1.29, 1.82) is 0 Å². The van der Waals surface area contributed by atoms with Crippen LogP contribution in [-0.4, -0.2) is 52.6 Å². The average molecular weight is 424 g/mol. The van der Waals surface area contributed by atoms with Crippen molar-refractivity contribution in [2.45, 2.75) is 25.8 Å². The number of piperidine rings is 1. The predicted molar refractivity (Wildman–Crippen MR) is 119 cm³/mol. The number of aryl methyl sites for hydroxylation is 1. The van der Waals surface area contributed by atoms with Crippen molar-refractivity contribution in [2.75, 3.05) is 25.0 Å². The Kier molecular flexibility index (Phi) is 6.25. The first kappa shape index (κ1) is 20.3. The maximum Gasteiger partial charge on any atom is 0.272 e. The van der Waals surface area contributed by atoms with Crippen LogP contribution in [-0.2, 0) is 4.79 Å². The van der Waals surface area contributed by atoms with Crippen LogP contribution in [0.5, 0.6) is 0 Å². The fraction of sp³-hybridized carbons (Fsp3) is 0.318. The number of benzene rings is 1. The van der Waals surface area contributed by atoms with Gasteiger partial charge >= 0.3 is 0 Å². The lowest BCUT2D eigenvalue weighted by Gasteiger charge is -2.31. The molecule has 156 valence electrons. The number of hydrogen-bond donors (Lipinski definition) is 3. The molecule has 1 fully saturated rings. The average Bonchev–Trinajstić information content (AvgIpc) is 3.39. The number of carbonyl (C=O) groups excluding carboxylic acids is 2. The first-order chi connectivity index (χ1) is 14.6. The van der Waals surface area contributed by atoms with Crippen LogP contribution in [0.4, 0.5) is 5.69 Å². The van der Waals surface area contributed by atoms with E-state index in [1.807, 2.05) is 36.4 Å². The van der Waals surface area contributed by atoms with Gasteiger partial charge in [-0.15, -0.1) is 11.3 Å². The van der Waals surface area contributed by atoms with E-state index in [9.17, 15) is 9.59 Å². The Morgan fingerprint density at radius 1 is 1.17 bits per heavy atom. The van der Waals surface area contributed by atoms with Gasteiger partial charge in [0.05, 0.1) is 17.1 Å². The van der Waals surface area contributed by atoms with E-state index in [4.69, 9.17) is 0 Å². The van der Waals surface area contributed by atoms with E-state index in [2.05, 4.69) is 38.7 Å². The maximum absolute atomic E-state index is 12.6. The van der Waals surface area contributed by atoms with Crippen molar-refractivity contribution in [1.82, 2.24) is 20.4 Å². The predicted octanol–water partition coefficient (Wildman–Crippen LogP) is 3.28. The summed E-state index contributed by atoms with van der Waals surface area (Å²) in [6.45, 7) is 3.95. The van der Waals surface area contributed by atoms with Gasteiger partial charge in [-0.05, 0) is 50.1 Å². The molecule has 2 amide bonds. The second-order valence-electron chi connectivity index (χ2n) is 7.52. The molecule has 0 saturated carbocycles. The van der Waals surface area contributed by atoms with Crippen LogP contribution in [0.15, 0.2) is 48.5 Å². The fourth-order valence-electron chi connectivity index (χ4n) is 3.56. The summed E-state index contributed by atoms with van der Waals surface area (Å²) >= 11 is 1.67. The van der Waals surface area contributed by atoms with Crippen molar-refractivity contribution in [2.24, 2.45) is 0 Å². The molecule has 2 aromatic heterocycles. The van der Waals surface area contributed by atoms with Gasteiger partial charge in [0.15, 0.2) is 5.69 Å². The van der Waals surface area contributed by atoms with Gasteiger partial charge in [0.1, 0.15) is 0 Å². The van der Waals surface area contributed by atoms with E-state index < -0.39 is 0 Å². The number of likely N-dealkylation sites (tertiary alicyclic amines) is 1. The van der Waals surface area contributed by atoms with Crippen molar-refractivity contribution >= 4 is 28.8 Å². The smallest absolute Gasteiger partial charge is 0.272 e. The van der Waals surface area contributed by atoms with E-state index in [-0.39, 0.29) is 17.9 Å². The van der Waals surface area contributed by atoms with Crippen LogP contribution in [0.25, 0.3) is 10.6 Å². The van der Waals surface area contributed by atoms with Crippen molar-refractivity contribution in [3.8, 4) is 10.6 Å². The third-order valence-electron chi connectivity index (χ3n) is 5.16. The minimum absolute atomic E-state index is 0.0171. The minimum Gasteiger partial charge on any atom is -0.348 e. The Balaban J connectivity index is 1.23. The van der Waals surface area contributed by atoms with Gasteiger partial charge in [0.25, 0.3) is 5.91 Å². The molecule has 0 spiro atoms. The molecule has 0 atom stereocenters. The second-order valence-corrected chi connectivity index (χ2v) is 8.80. The van der Waals surface area contributed by atoms with Crippen molar-refractivity contribution < 1.29 is 9.59 Å². The van der Waals surface area contributed by atoms with Crippen LogP contribution in [0, 0.1) is 6.92 Å². The highest BCUT2D eigenvalue weighted by Gasteiger charge is 2.23. The van der Waals surface area contributed by atoms with Crippen LogP contribution in [0.2, 0.25) is 0 Å². The number of para-hydroxylation sites is 1. The standard InChI is InChI=1S/C22H25N5O2S/c1-15-7-8-20(30-15)18-13-19(26-25-18)22(29)24-17-9-11-27(12-10-17)14-21(28)23-16-5-3-2-4-6-16/h2-8,13,17H,9-12,14H2,1H3,(H,23,28)(H,24,29)(H,25,26). The van der Waals surface area contributed by atoms with Crippen molar-refractivity contribution in [3.63, 3.8) is 0 Å². The van der Waals surface area contributed by atoms with Gasteiger partial charge < -0.3 is 10.6 Å². The quantitative estimate of drug-likeness (QED) is 0.568. The molecule has 4 rings (SSSR count). The number of nitrogens with zero attached hydrogens (tertiary/aromatic N) is 2. The number of carbonyl (C=O) groups is 2.